The number of carbonyl (C=O) groups excluding carboxylic acids is 2. The lowest BCUT2D eigenvalue weighted by atomic mass is 10.1. The van der Waals surface area contributed by atoms with E-state index >= 15 is 0 Å². The molecule has 2 amide bonds. The average molecular weight is 617 g/mol. The van der Waals surface area contributed by atoms with Gasteiger partial charge >= 0.3 is 0 Å². The third kappa shape index (κ3) is 7.42. The number of para-hydroxylation sites is 1. The molecule has 7 nitrogen and oxygen atoms in total. The van der Waals surface area contributed by atoms with E-state index in [-0.39, 0.29) is 23.4 Å². The van der Waals surface area contributed by atoms with Gasteiger partial charge in [-0.2, -0.15) is 0 Å². The standard InChI is InChI=1S/C31H35Cl2N3O4S/c1-3-28(31(38)34-25-12-8-9-13-25)35(20-23-17-18-24(32)19-27(23)33)30(37)21-36(29-16-10-7-11-22(29)2)41(39,40)26-14-5-4-6-15-26/h4-7,10-11,14-19,25,28H,3,8-9,12-13,20-21H2,1-2H3,(H,34,38)/t28-/m1/s1. The largest absolute Gasteiger partial charge is 0.352 e. The van der Waals surface area contributed by atoms with Gasteiger partial charge in [0.05, 0.1) is 10.6 Å². The summed E-state index contributed by atoms with van der Waals surface area (Å²) in [6, 6.07) is 19.2. The molecule has 1 aliphatic rings. The van der Waals surface area contributed by atoms with Crippen LogP contribution in [0.2, 0.25) is 10.0 Å². The number of anilines is 1. The molecule has 0 aromatic heterocycles. The topological polar surface area (TPSA) is 86.8 Å². The lowest BCUT2D eigenvalue weighted by Crippen LogP contribution is -2.53. The summed E-state index contributed by atoms with van der Waals surface area (Å²) in [7, 11) is -4.12. The van der Waals surface area contributed by atoms with Crippen molar-refractivity contribution in [3.8, 4) is 0 Å². The normalized spacial score (nSPS) is 14.4. The molecule has 1 fully saturated rings. The highest BCUT2D eigenvalue weighted by Crippen LogP contribution is 2.29. The van der Waals surface area contributed by atoms with Crippen LogP contribution in [-0.2, 0) is 26.2 Å². The van der Waals surface area contributed by atoms with Crippen molar-refractivity contribution in [3.05, 3.63) is 94.0 Å². The lowest BCUT2D eigenvalue weighted by molar-refractivity contribution is -0.140. The van der Waals surface area contributed by atoms with Crippen molar-refractivity contribution >= 4 is 50.7 Å². The molecule has 1 N–H and O–H groups in total. The summed E-state index contributed by atoms with van der Waals surface area (Å²) in [5, 5.41) is 3.91. The van der Waals surface area contributed by atoms with Crippen LogP contribution in [0.5, 0.6) is 0 Å². The summed E-state index contributed by atoms with van der Waals surface area (Å²) in [5.74, 6) is -0.779. The molecule has 1 saturated carbocycles. The predicted octanol–water partition coefficient (Wildman–Crippen LogP) is 6.36. The molecular weight excluding hydrogens is 581 g/mol. The zero-order chi connectivity index (χ0) is 29.6. The summed E-state index contributed by atoms with van der Waals surface area (Å²) in [6.07, 6.45) is 4.23. The summed E-state index contributed by atoms with van der Waals surface area (Å²) >= 11 is 12.6. The summed E-state index contributed by atoms with van der Waals surface area (Å²) < 4.78 is 29.0. The number of amides is 2. The van der Waals surface area contributed by atoms with E-state index in [0.717, 1.165) is 30.0 Å². The number of nitrogens with zero attached hydrogens (tertiary/aromatic N) is 2. The fourth-order valence-corrected chi connectivity index (χ4v) is 7.16. The minimum atomic E-state index is -4.12. The Morgan fingerprint density at radius 3 is 2.27 bits per heavy atom. The van der Waals surface area contributed by atoms with E-state index in [2.05, 4.69) is 5.32 Å². The first-order valence-corrected chi connectivity index (χ1v) is 16.0. The molecule has 4 rings (SSSR count). The van der Waals surface area contributed by atoms with Gasteiger partial charge < -0.3 is 10.2 Å². The maximum Gasteiger partial charge on any atom is 0.264 e. The van der Waals surface area contributed by atoms with Gasteiger partial charge in [0, 0.05) is 22.6 Å². The van der Waals surface area contributed by atoms with Crippen molar-refractivity contribution < 1.29 is 18.0 Å². The average Bonchev–Trinajstić information content (AvgIpc) is 3.46. The van der Waals surface area contributed by atoms with Crippen molar-refractivity contribution in [3.63, 3.8) is 0 Å². The van der Waals surface area contributed by atoms with Crippen molar-refractivity contribution in [1.82, 2.24) is 10.2 Å². The Morgan fingerprint density at radius 2 is 1.63 bits per heavy atom. The SMILES string of the molecule is CC[C@H](C(=O)NC1CCCC1)N(Cc1ccc(Cl)cc1Cl)C(=O)CN(c1ccccc1C)S(=O)(=O)c1ccccc1. The number of benzene rings is 3. The minimum Gasteiger partial charge on any atom is -0.352 e. The first-order chi connectivity index (χ1) is 19.6. The number of rotatable bonds is 11. The predicted molar refractivity (Wildman–Crippen MR) is 164 cm³/mol. The van der Waals surface area contributed by atoms with Gasteiger partial charge in [0.1, 0.15) is 12.6 Å². The molecule has 3 aromatic rings. The maximum absolute atomic E-state index is 14.2. The number of carbonyl (C=O) groups is 2. The molecule has 0 bridgehead atoms. The van der Waals surface area contributed by atoms with Crippen molar-refractivity contribution in [2.24, 2.45) is 0 Å². The Hall–Kier alpha value is -3.07. The first-order valence-electron chi connectivity index (χ1n) is 13.8. The van der Waals surface area contributed by atoms with Crippen LogP contribution < -0.4 is 9.62 Å². The molecule has 0 unspecified atom stereocenters. The van der Waals surface area contributed by atoms with E-state index in [9.17, 15) is 18.0 Å². The molecule has 3 aromatic carbocycles. The molecule has 41 heavy (non-hydrogen) atoms. The Balaban J connectivity index is 1.73. The van der Waals surface area contributed by atoms with Crippen LogP contribution in [0, 0.1) is 6.92 Å². The molecule has 0 saturated heterocycles. The number of aryl methyl sites for hydroxylation is 1. The van der Waals surface area contributed by atoms with Crippen LogP contribution >= 0.6 is 23.2 Å². The van der Waals surface area contributed by atoms with Crippen LogP contribution in [0.15, 0.2) is 77.7 Å². The van der Waals surface area contributed by atoms with Gasteiger partial charge in [-0.1, -0.05) is 85.4 Å². The van der Waals surface area contributed by atoms with Crippen molar-refractivity contribution in [1.29, 1.82) is 0 Å². The van der Waals surface area contributed by atoms with Gasteiger partial charge in [0.25, 0.3) is 10.0 Å². The quantitative estimate of drug-likeness (QED) is 0.272. The van der Waals surface area contributed by atoms with Gasteiger partial charge in [-0.25, -0.2) is 8.42 Å². The van der Waals surface area contributed by atoms with Gasteiger partial charge in [-0.3, -0.25) is 13.9 Å². The van der Waals surface area contributed by atoms with E-state index < -0.39 is 28.5 Å². The number of nitrogens with one attached hydrogen (secondary N) is 1. The minimum absolute atomic E-state index is 0.0123. The molecule has 218 valence electrons. The molecule has 1 aliphatic carbocycles. The van der Waals surface area contributed by atoms with Gasteiger partial charge in [0.2, 0.25) is 11.8 Å². The third-order valence-electron chi connectivity index (χ3n) is 7.44. The fraction of sp³-hybridized carbons (Fsp3) is 0.355. The number of halogens is 2. The van der Waals surface area contributed by atoms with Crippen LogP contribution in [0.25, 0.3) is 0 Å². The number of sulfonamides is 1. The summed E-state index contributed by atoms with van der Waals surface area (Å²) in [6.45, 7) is 3.14. The lowest BCUT2D eigenvalue weighted by Gasteiger charge is -2.34. The van der Waals surface area contributed by atoms with Crippen LogP contribution in [0.3, 0.4) is 0 Å². The van der Waals surface area contributed by atoms with E-state index in [1.165, 1.54) is 17.0 Å². The third-order valence-corrected chi connectivity index (χ3v) is 9.80. The second-order valence-corrected chi connectivity index (χ2v) is 13.0. The van der Waals surface area contributed by atoms with Crippen molar-refractivity contribution in [2.75, 3.05) is 10.8 Å². The monoisotopic (exact) mass is 615 g/mol. The van der Waals surface area contributed by atoms with E-state index in [4.69, 9.17) is 23.2 Å². The molecule has 0 aliphatic heterocycles. The molecule has 1 atom stereocenters. The number of hydrogen-bond donors (Lipinski definition) is 1. The van der Waals surface area contributed by atoms with Crippen LogP contribution in [0.1, 0.15) is 50.2 Å². The highest BCUT2D eigenvalue weighted by molar-refractivity contribution is 7.92. The van der Waals surface area contributed by atoms with Gasteiger partial charge in [-0.05, 0) is 67.6 Å². The fourth-order valence-electron chi connectivity index (χ4n) is 5.20. The van der Waals surface area contributed by atoms with Crippen molar-refractivity contribution in [2.45, 2.75) is 69.5 Å². The van der Waals surface area contributed by atoms with Gasteiger partial charge in [0.15, 0.2) is 0 Å². The van der Waals surface area contributed by atoms with E-state index in [0.29, 0.717) is 33.3 Å². The molecular formula is C31H35Cl2N3O4S. The Morgan fingerprint density at radius 1 is 0.976 bits per heavy atom. The highest BCUT2D eigenvalue weighted by atomic mass is 35.5. The molecule has 0 radical (unpaired) electrons. The zero-order valence-corrected chi connectivity index (χ0v) is 25.6. The summed E-state index contributed by atoms with van der Waals surface area (Å²) in [5.41, 5.74) is 1.68. The molecule has 0 heterocycles. The molecule has 0 spiro atoms. The maximum atomic E-state index is 14.2. The second-order valence-electron chi connectivity index (χ2n) is 10.3. The Bertz CT molecular complexity index is 1480. The molecule has 10 heteroatoms. The number of hydrogen-bond acceptors (Lipinski definition) is 4. The Labute approximate surface area is 252 Å². The van der Waals surface area contributed by atoms with Crippen LogP contribution in [0.4, 0.5) is 5.69 Å². The zero-order valence-electron chi connectivity index (χ0n) is 23.2. The highest BCUT2D eigenvalue weighted by Gasteiger charge is 2.35. The summed E-state index contributed by atoms with van der Waals surface area (Å²) in [4.78, 5) is 29.3. The smallest absolute Gasteiger partial charge is 0.264 e. The second kappa shape index (κ2) is 13.7. The van der Waals surface area contributed by atoms with E-state index in [1.54, 1.807) is 61.5 Å². The Kier molecular flexibility index (Phi) is 10.3. The van der Waals surface area contributed by atoms with Gasteiger partial charge in [-0.15, -0.1) is 0 Å². The van der Waals surface area contributed by atoms with E-state index in [1.807, 2.05) is 13.0 Å². The first kappa shape index (κ1) is 30.9. The van der Waals surface area contributed by atoms with Crippen LogP contribution in [-0.4, -0.2) is 43.8 Å².